The van der Waals surface area contributed by atoms with E-state index in [9.17, 15) is 4.79 Å². The Morgan fingerprint density at radius 1 is 1.71 bits per heavy atom. The second-order valence-electron chi connectivity index (χ2n) is 3.91. The SMILES string of the molecule is C=CCC(N)C(=O)NC1(CO)CCC1. The molecule has 4 heteroatoms. The minimum atomic E-state index is -0.545. The van der Waals surface area contributed by atoms with Crippen molar-refractivity contribution in [2.45, 2.75) is 37.3 Å². The first-order valence-corrected chi connectivity index (χ1v) is 4.93. The summed E-state index contributed by atoms with van der Waals surface area (Å²) in [5.41, 5.74) is 5.21. The first-order chi connectivity index (χ1) is 6.63. The number of nitrogens with one attached hydrogen (secondary N) is 1. The van der Waals surface area contributed by atoms with E-state index in [1.54, 1.807) is 6.08 Å². The zero-order valence-corrected chi connectivity index (χ0v) is 8.33. The highest BCUT2D eigenvalue weighted by Gasteiger charge is 2.38. The molecular weight excluding hydrogens is 180 g/mol. The average molecular weight is 198 g/mol. The van der Waals surface area contributed by atoms with Crippen molar-refractivity contribution in [1.82, 2.24) is 5.32 Å². The number of rotatable bonds is 5. The molecule has 14 heavy (non-hydrogen) atoms. The van der Waals surface area contributed by atoms with Crippen molar-refractivity contribution >= 4 is 5.91 Å². The highest BCUT2D eigenvalue weighted by molar-refractivity contribution is 5.82. The monoisotopic (exact) mass is 198 g/mol. The van der Waals surface area contributed by atoms with Gasteiger partial charge >= 0.3 is 0 Å². The summed E-state index contributed by atoms with van der Waals surface area (Å²) in [6.07, 6.45) is 4.83. The van der Waals surface area contributed by atoms with Crippen LogP contribution in [0.3, 0.4) is 0 Å². The highest BCUT2D eigenvalue weighted by Crippen LogP contribution is 2.31. The predicted molar refractivity (Wildman–Crippen MR) is 54.6 cm³/mol. The smallest absolute Gasteiger partial charge is 0.237 e. The van der Waals surface area contributed by atoms with Gasteiger partial charge in [0.2, 0.25) is 5.91 Å². The summed E-state index contributed by atoms with van der Waals surface area (Å²) in [6, 6.07) is -0.545. The van der Waals surface area contributed by atoms with E-state index in [0.717, 1.165) is 19.3 Å². The molecule has 0 aliphatic heterocycles. The van der Waals surface area contributed by atoms with Gasteiger partial charge in [-0.2, -0.15) is 0 Å². The van der Waals surface area contributed by atoms with Gasteiger partial charge in [-0.25, -0.2) is 0 Å². The molecule has 0 bridgehead atoms. The van der Waals surface area contributed by atoms with E-state index in [4.69, 9.17) is 10.8 Å². The van der Waals surface area contributed by atoms with Crippen molar-refractivity contribution in [3.05, 3.63) is 12.7 Å². The first kappa shape index (κ1) is 11.2. The molecule has 0 heterocycles. The van der Waals surface area contributed by atoms with Crippen LogP contribution in [0.4, 0.5) is 0 Å². The summed E-state index contributed by atoms with van der Waals surface area (Å²) in [6.45, 7) is 3.52. The van der Waals surface area contributed by atoms with Gasteiger partial charge in [0.25, 0.3) is 0 Å². The fourth-order valence-corrected chi connectivity index (χ4v) is 1.57. The number of hydrogen-bond donors (Lipinski definition) is 3. The zero-order valence-electron chi connectivity index (χ0n) is 8.33. The third-order valence-corrected chi connectivity index (χ3v) is 2.76. The maximum atomic E-state index is 11.5. The number of amides is 1. The highest BCUT2D eigenvalue weighted by atomic mass is 16.3. The molecule has 0 aromatic carbocycles. The Balaban J connectivity index is 2.42. The van der Waals surface area contributed by atoms with Crippen molar-refractivity contribution in [3.8, 4) is 0 Å². The molecule has 0 radical (unpaired) electrons. The minimum Gasteiger partial charge on any atom is -0.394 e. The van der Waals surface area contributed by atoms with Crippen molar-refractivity contribution in [3.63, 3.8) is 0 Å². The van der Waals surface area contributed by atoms with Gasteiger partial charge in [-0.05, 0) is 25.7 Å². The van der Waals surface area contributed by atoms with Crippen LogP contribution in [-0.4, -0.2) is 29.2 Å². The van der Waals surface area contributed by atoms with E-state index >= 15 is 0 Å². The summed E-state index contributed by atoms with van der Waals surface area (Å²) in [7, 11) is 0. The summed E-state index contributed by atoms with van der Waals surface area (Å²) in [5.74, 6) is -0.196. The van der Waals surface area contributed by atoms with Crippen LogP contribution in [-0.2, 0) is 4.79 Å². The Bertz CT molecular complexity index is 219. The molecule has 4 N–H and O–H groups in total. The van der Waals surface area contributed by atoms with E-state index in [2.05, 4.69) is 11.9 Å². The number of aliphatic hydroxyl groups is 1. The van der Waals surface area contributed by atoms with Crippen molar-refractivity contribution in [2.24, 2.45) is 5.73 Å². The maximum absolute atomic E-state index is 11.5. The fraction of sp³-hybridized carbons (Fsp3) is 0.700. The molecule has 1 fully saturated rings. The van der Waals surface area contributed by atoms with Gasteiger partial charge in [-0.15, -0.1) is 6.58 Å². The van der Waals surface area contributed by atoms with Crippen LogP contribution >= 0.6 is 0 Å². The molecule has 1 aliphatic rings. The quantitative estimate of drug-likeness (QED) is 0.541. The molecule has 1 unspecified atom stereocenters. The Labute approximate surface area is 84.2 Å². The normalized spacial score (nSPS) is 20.7. The van der Waals surface area contributed by atoms with Crippen molar-refractivity contribution in [2.75, 3.05) is 6.61 Å². The lowest BCUT2D eigenvalue weighted by atomic mass is 9.77. The lowest BCUT2D eigenvalue weighted by Gasteiger charge is -2.41. The third-order valence-electron chi connectivity index (χ3n) is 2.76. The molecule has 1 amide bonds. The van der Waals surface area contributed by atoms with Crippen LogP contribution in [0.2, 0.25) is 0 Å². The Morgan fingerprint density at radius 2 is 2.36 bits per heavy atom. The van der Waals surface area contributed by atoms with Gasteiger partial charge < -0.3 is 16.2 Å². The molecule has 80 valence electrons. The Hall–Kier alpha value is -0.870. The van der Waals surface area contributed by atoms with E-state index in [-0.39, 0.29) is 12.5 Å². The van der Waals surface area contributed by atoms with Crippen LogP contribution in [0, 0.1) is 0 Å². The molecular formula is C10H18N2O2. The lowest BCUT2D eigenvalue weighted by Crippen LogP contribution is -2.59. The molecule has 1 saturated carbocycles. The summed E-state index contributed by atoms with van der Waals surface area (Å²) in [4.78, 5) is 11.5. The average Bonchev–Trinajstić information content (AvgIpc) is 2.11. The predicted octanol–water partition coefficient (Wildman–Crippen LogP) is -0.0790. The van der Waals surface area contributed by atoms with Gasteiger partial charge in [0.05, 0.1) is 18.2 Å². The van der Waals surface area contributed by atoms with E-state index in [0.29, 0.717) is 6.42 Å². The van der Waals surface area contributed by atoms with Gasteiger partial charge in [-0.3, -0.25) is 4.79 Å². The minimum absolute atomic E-state index is 0.000447. The fourth-order valence-electron chi connectivity index (χ4n) is 1.57. The number of carbonyl (C=O) groups excluding carboxylic acids is 1. The molecule has 0 aromatic rings. The molecule has 1 aliphatic carbocycles. The maximum Gasteiger partial charge on any atom is 0.237 e. The Morgan fingerprint density at radius 3 is 2.71 bits per heavy atom. The number of hydrogen-bond acceptors (Lipinski definition) is 3. The second-order valence-corrected chi connectivity index (χ2v) is 3.91. The number of carbonyl (C=O) groups is 1. The summed E-state index contributed by atoms with van der Waals surface area (Å²) >= 11 is 0. The Kier molecular flexibility index (Phi) is 3.66. The van der Waals surface area contributed by atoms with Gasteiger partial charge in [-0.1, -0.05) is 6.08 Å². The van der Waals surface area contributed by atoms with E-state index in [1.165, 1.54) is 0 Å². The van der Waals surface area contributed by atoms with Crippen LogP contribution in [0.1, 0.15) is 25.7 Å². The molecule has 0 saturated heterocycles. The topological polar surface area (TPSA) is 75.4 Å². The van der Waals surface area contributed by atoms with E-state index < -0.39 is 11.6 Å². The molecule has 1 rings (SSSR count). The standard InChI is InChI=1S/C10H18N2O2/c1-2-4-8(11)9(14)12-10(7-13)5-3-6-10/h2,8,13H,1,3-7,11H2,(H,12,14). The molecule has 1 atom stereocenters. The van der Waals surface area contributed by atoms with Gasteiger partial charge in [0.15, 0.2) is 0 Å². The largest absolute Gasteiger partial charge is 0.394 e. The summed E-state index contributed by atoms with van der Waals surface area (Å²) in [5, 5.41) is 11.9. The van der Waals surface area contributed by atoms with Crippen LogP contribution in [0.15, 0.2) is 12.7 Å². The second kappa shape index (κ2) is 4.57. The number of nitrogens with two attached hydrogens (primary N) is 1. The number of aliphatic hydroxyl groups excluding tert-OH is 1. The van der Waals surface area contributed by atoms with Crippen LogP contribution in [0.25, 0.3) is 0 Å². The van der Waals surface area contributed by atoms with E-state index in [1.807, 2.05) is 0 Å². The van der Waals surface area contributed by atoms with Crippen LogP contribution in [0.5, 0.6) is 0 Å². The lowest BCUT2D eigenvalue weighted by molar-refractivity contribution is -0.126. The summed E-state index contributed by atoms with van der Waals surface area (Å²) < 4.78 is 0. The molecule has 4 nitrogen and oxygen atoms in total. The van der Waals surface area contributed by atoms with Crippen molar-refractivity contribution < 1.29 is 9.90 Å². The van der Waals surface area contributed by atoms with Crippen LogP contribution < -0.4 is 11.1 Å². The molecule has 0 aromatic heterocycles. The third kappa shape index (κ3) is 2.33. The zero-order chi connectivity index (χ0) is 10.6. The first-order valence-electron chi connectivity index (χ1n) is 4.93. The van der Waals surface area contributed by atoms with Gasteiger partial charge in [0.1, 0.15) is 0 Å². The molecule has 0 spiro atoms. The van der Waals surface area contributed by atoms with Crippen molar-refractivity contribution in [1.29, 1.82) is 0 Å². The van der Waals surface area contributed by atoms with Gasteiger partial charge in [0, 0.05) is 0 Å².